The van der Waals surface area contributed by atoms with E-state index in [0.717, 1.165) is 18.7 Å². The molecule has 1 fully saturated rings. The highest BCUT2D eigenvalue weighted by molar-refractivity contribution is 5.98. The Morgan fingerprint density at radius 3 is 2.38 bits per heavy atom. The van der Waals surface area contributed by atoms with Crippen molar-refractivity contribution in [3.05, 3.63) is 65.7 Å². The molecular weight excluding hydrogens is 330 g/mol. The van der Waals surface area contributed by atoms with Gasteiger partial charge < -0.3 is 20.7 Å². The standard InChI is InChI=1S/C20H23N3O3/c1-26-17-9-7-16(8-10-17)19(24)23-18(15-5-3-2-4-6-15)20(25)22-13-14-11-21-12-14/h2-10,14,18,21H,11-13H2,1H3,(H,22,25)(H,23,24). The smallest absolute Gasteiger partial charge is 0.252 e. The molecular formula is C20H23N3O3. The second kappa shape index (κ2) is 8.49. The SMILES string of the molecule is COc1ccc(C(=O)NC(C(=O)NCC2CNC2)c2ccccc2)cc1. The molecule has 1 aliphatic heterocycles. The molecule has 1 aliphatic rings. The number of benzene rings is 2. The van der Waals surface area contributed by atoms with E-state index in [-0.39, 0.29) is 11.8 Å². The molecule has 26 heavy (non-hydrogen) atoms. The highest BCUT2D eigenvalue weighted by Crippen LogP contribution is 2.16. The first-order valence-electron chi connectivity index (χ1n) is 8.65. The van der Waals surface area contributed by atoms with Gasteiger partial charge in [-0.25, -0.2) is 0 Å². The molecule has 0 saturated carbocycles. The maximum Gasteiger partial charge on any atom is 0.252 e. The van der Waals surface area contributed by atoms with Crippen LogP contribution in [0.15, 0.2) is 54.6 Å². The largest absolute Gasteiger partial charge is 0.497 e. The van der Waals surface area contributed by atoms with Crippen molar-refractivity contribution in [1.82, 2.24) is 16.0 Å². The zero-order valence-electron chi connectivity index (χ0n) is 14.7. The summed E-state index contributed by atoms with van der Waals surface area (Å²) in [5.74, 6) is 0.618. The number of rotatable bonds is 7. The lowest BCUT2D eigenvalue weighted by Gasteiger charge is -2.28. The molecule has 0 spiro atoms. The van der Waals surface area contributed by atoms with Gasteiger partial charge in [-0.1, -0.05) is 30.3 Å². The van der Waals surface area contributed by atoms with Gasteiger partial charge >= 0.3 is 0 Å². The third-order valence-electron chi connectivity index (χ3n) is 4.45. The van der Waals surface area contributed by atoms with Crippen molar-refractivity contribution < 1.29 is 14.3 Å². The lowest BCUT2D eigenvalue weighted by atomic mass is 10.0. The van der Waals surface area contributed by atoms with Crippen LogP contribution in [0.2, 0.25) is 0 Å². The lowest BCUT2D eigenvalue weighted by molar-refractivity contribution is -0.123. The molecule has 0 aromatic heterocycles. The van der Waals surface area contributed by atoms with Crippen LogP contribution in [-0.4, -0.2) is 38.6 Å². The Labute approximate surface area is 152 Å². The minimum absolute atomic E-state index is 0.204. The summed E-state index contributed by atoms with van der Waals surface area (Å²) in [6.45, 7) is 2.43. The molecule has 2 aromatic rings. The quantitative estimate of drug-likeness (QED) is 0.705. The Bertz CT molecular complexity index is 743. The van der Waals surface area contributed by atoms with Crippen LogP contribution in [-0.2, 0) is 4.79 Å². The molecule has 1 atom stereocenters. The van der Waals surface area contributed by atoms with Gasteiger partial charge in [-0.3, -0.25) is 9.59 Å². The molecule has 2 aromatic carbocycles. The Hall–Kier alpha value is -2.86. The molecule has 3 N–H and O–H groups in total. The van der Waals surface area contributed by atoms with Crippen LogP contribution >= 0.6 is 0 Å². The number of methoxy groups -OCH3 is 1. The van der Waals surface area contributed by atoms with Crippen molar-refractivity contribution >= 4 is 11.8 Å². The molecule has 1 unspecified atom stereocenters. The molecule has 3 rings (SSSR count). The summed E-state index contributed by atoms with van der Waals surface area (Å²) in [5.41, 5.74) is 1.22. The van der Waals surface area contributed by atoms with Crippen molar-refractivity contribution in [2.45, 2.75) is 6.04 Å². The van der Waals surface area contributed by atoms with Crippen LogP contribution in [0.4, 0.5) is 0 Å². The van der Waals surface area contributed by atoms with Gasteiger partial charge in [-0.05, 0) is 29.8 Å². The summed E-state index contributed by atoms with van der Waals surface area (Å²) in [6.07, 6.45) is 0. The Kier molecular flexibility index (Phi) is 5.86. The topological polar surface area (TPSA) is 79.5 Å². The number of ether oxygens (including phenoxy) is 1. The van der Waals surface area contributed by atoms with Gasteiger partial charge in [0.2, 0.25) is 5.91 Å². The first kappa shape index (κ1) is 17.9. The van der Waals surface area contributed by atoms with Crippen molar-refractivity contribution in [1.29, 1.82) is 0 Å². The van der Waals surface area contributed by atoms with Crippen LogP contribution in [0.25, 0.3) is 0 Å². The van der Waals surface area contributed by atoms with E-state index in [9.17, 15) is 9.59 Å². The van der Waals surface area contributed by atoms with E-state index >= 15 is 0 Å². The van der Waals surface area contributed by atoms with Gasteiger partial charge in [0.25, 0.3) is 5.91 Å². The highest BCUT2D eigenvalue weighted by atomic mass is 16.5. The number of hydrogen-bond donors (Lipinski definition) is 3. The van der Waals surface area contributed by atoms with Gasteiger partial charge in [0.1, 0.15) is 11.8 Å². The third-order valence-corrected chi connectivity index (χ3v) is 4.45. The van der Waals surface area contributed by atoms with Crippen LogP contribution < -0.4 is 20.7 Å². The molecule has 1 heterocycles. The Morgan fingerprint density at radius 2 is 1.81 bits per heavy atom. The number of carbonyl (C=O) groups is 2. The predicted molar refractivity (Wildman–Crippen MR) is 99.0 cm³/mol. The van der Waals surface area contributed by atoms with Gasteiger partial charge in [0, 0.05) is 31.1 Å². The summed E-state index contributed by atoms with van der Waals surface area (Å²) in [4.78, 5) is 25.3. The summed E-state index contributed by atoms with van der Waals surface area (Å²) < 4.78 is 5.11. The second-order valence-corrected chi connectivity index (χ2v) is 6.32. The number of hydrogen-bond acceptors (Lipinski definition) is 4. The molecule has 0 radical (unpaired) electrons. The van der Waals surface area contributed by atoms with Crippen LogP contribution in [0, 0.1) is 5.92 Å². The molecule has 0 bridgehead atoms. The van der Waals surface area contributed by atoms with Crippen molar-refractivity contribution in [2.24, 2.45) is 5.92 Å². The zero-order valence-corrected chi connectivity index (χ0v) is 14.7. The van der Waals surface area contributed by atoms with E-state index in [4.69, 9.17) is 4.74 Å². The Morgan fingerprint density at radius 1 is 1.12 bits per heavy atom. The lowest BCUT2D eigenvalue weighted by Crippen LogP contribution is -2.50. The summed E-state index contributed by atoms with van der Waals surface area (Å²) >= 11 is 0. The molecule has 136 valence electrons. The van der Waals surface area contributed by atoms with E-state index in [1.165, 1.54) is 0 Å². The fourth-order valence-corrected chi connectivity index (χ4v) is 2.74. The number of amides is 2. The first-order valence-corrected chi connectivity index (χ1v) is 8.65. The highest BCUT2D eigenvalue weighted by Gasteiger charge is 2.25. The van der Waals surface area contributed by atoms with Crippen molar-refractivity contribution in [3.8, 4) is 5.75 Å². The average Bonchev–Trinajstić information content (AvgIpc) is 2.65. The molecule has 1 saturated heterocycles. The van der Waals surface area contributed by atoms with E-state index in [0.29, 0.717) is 23.8 Å². The second-order valence-electron chi connectivity index (χ2n) is 6.32. The molecule has 2 amide bonds. The zero-order chi connectivity index (χ0) is 18.4. The fourth-order valence-electron chi connectivity index (χ4n) is 2.74. The normalized spacial score (nSPS) is 14.8. The van der Waals surface area contributed by atoms with Gasteiger partial charge in [0.05, 0.1) is 7.11 Å². The van der Waals surface area contributed by atoms with Gasteiger partial charge in [-0.15, -0.1) is 0 Å². The average molecular weight is 353 g/mol. The summed E-state index contributed by atoms with van der Waals surface area (Å²) in [5, 5.41) is 8.96. The minimum Gasteiger partial charge on any atom is -0.497 e. The first-order chi connectivity index (χ1) is 12.7. The summed E-state index contributed by atoms with van der Waals surface area (Å²) in [6, 6.07) is 15.3. The monoisotopic (exact) mass is 353 g/mol. The van der Waals surface area contributed by atoms with E-state index < -0.39 is 6.04 Å². The fraction of sp³-hybridized carbons (Fsp3) is 0.300. The molecule has 0 aliphatic carbocycles. The molecule has 6 heteroatoms. The Balaban J connectivity index is 1.71. The maximum absolute atomic E-state index is 12.7. The van der Waals surface area contributed by atoms with Gasteiger partial charge in [-0.2, -0.15) is 0 Å². The van der Waals surface area contributed by atoms with Crippen LogP contribution in [0.1, 0.15) is 22.0 Å². The maximum atomic E-state index is 12.7. The predicted octanol–water partition coefficient (Wildman–Crippen LogP) is 1.50. The van der Waals surface area contributed by atoms with Crippen LogP contribution in [0.3, 0.4) is 0 Å². The number of nitrogens with one attached hydrogen (secondary N) is 3. The third kappa shape index (κ3) is 4.40. The van der Waals surface area contributed by atoms with Crippen LogP contribution in [0.5, 0.6) is 5.75 Å². The minimum atomic E-state index is -0.737. The summed E-state index contributed by atoms with van der Waals surface area (Å²) in [7, 11) is 1.57. The van der Waals surface area contributed by atoms with Crippen molar-refractivity contribution in [3.63, 3.8) is 0 Å². The number of carbonyl (C=O) groups excluding carboxylic acids is 2. The van der Waals surface area contributed by atoms with E-state index in [1.54, 1.807) is 31.4 Å². The molecule has 6 nitrogen and oxygen atoms in total. The van der Waals surface area contributed by atoms with E-state index in [2.05, 4.69) is 16.0 Å². The van der Waals surface area contributed by atoms with Crippen molar-refractivity contribution in [2.75, 3.05) is 26.7 Å². The van der Waals surface area contributed by atoms with Gasteiger partial charge in [0.15, 0.2) is 0 Å². The van der Waals surface area contributed by atoms with E-state index in [1.807, 2.05) is 30.3 Å².